The second kappa shape index (κ2) is 8.09. The number of hydrogen-bond donors (Lipinski definition) is 0. The zero-order chi connectivity index (χ0) is 23.3. The first kappa shape index (κ1) is 24.1. The van der Waals surface area contributed by atoms with Gasteiger partial charge >= 0.3 is 217 Å². The van der Waals surface area contributed by atoms with E-state index in [0.717, 1.165) is 58.8 Å². The van der Waals surface area contributed by atoms with Gasteiger partial charge in [0.1, 0.15) is 0 Å². The molecule has 190 valence electrons. The fourth-order valence-corrected chi connectivity index (χ4v) is 17.2. The summed E-state index contributed by atoms with van der Waals surface area (Å²) in [6.07, 6.45) is 15.4. The molecule has 0 N–H and O–H groups in total. The summed E-state index contributed by atoms with van der Waals surface area (Å²) in [7, 11) is 2.50. The van der Waals surface area contributed by atoms with Crippen LogP contribution in [0, 0.1) is 58.2 Å². The van der Waals surface area contributed by atoms with Crippen molar-refractivity contribution < 1.29 is 21.2 Å². The van der Waals surface area contributed by atoms with E-state index in [1.54, 1.807) is 32.1 Å². The van der Waals surface area contributed by atoms with Gasteiger partial charge in [-0.05, 0) is 0 Å². The van der Waals surface area contributed by atoms with Crippen molar-refractivity contribution in [2.75, 3.05) is 13.6 Å². The summed E-state index contributed by atoms with van der Waals surface area (Å²) in [6, 6.07) is 0.936. The summed E-state index contributed by atoms with van der Waals surface area (Å²) in [4.78, 5) is 2.86. The van der Waals surface area contributed by atoms with Gasteiger partial charge in [0.2, 0.25) is 0 Å². The van der Waals surface area contributed by atoms with Gasteiger partial charge in [-0.15, -0.1) is 0 Å². The maximum atomic E-state index is 2.86. The number of fused-ring (bicyclic) bond motifs is 4. The Kier molecular flexibility index (Phi) is 5.90. The van der Waals surface area contributed by atoms with E-state index in [9.17, 15) is 0 Å². The number of hydrogen-bond acceptors (Lipinski definition) is 1. The molecule has 1 nitrogen and oxygen atoms in total. The minimum absolute atomic E-state index is 0.294. The van der Waals surface area contributed by atoms with Gasteiger partial charge in [-0.1, -0.05) is 0 Å². The van der Waals surface area contributed by atoms with Gasteiger partial charge in [-0.2, -0.15) is 0 Å². The van der Waals surface area contributed by atoms with E-state index < -0.39 is 0 Å². The van der Waals surface area contributed by atoms with Gasteiger partial charge in [-0.25, -0.2) is 0 Å². The molecular formula is C31H53IN-. The molecule has 2 heteroatoms. The molecular weight excluding hydrogens is 513 g/mol. The Labute approximate surface area is 216 Å². The molecule has 1 spiro atoms. The third-order valence-corrected chi connectivity index (χ3v) is 18.9. The second-order valence-corrected chi connectivity index (χ2v) is 19.4. The van der Waals surface area contributed by atoms with Gasteiger partial charge in [0.05, 0.1) is 0 Å². The molecule has 12 atom stereocenters. The van der Waals surface area contributed by atoms with E-state index in [1.165, 1.54) is 42.6 Å². The molecule has 0 bridgehead atoms. The van der Waals surface area contributed by atoms with Crippen LogP contribution in [-0.2, 0) is 0 Å². The fourth-order valence-electron chi connectivity index (χ4n) is 10.5. The molecule has 2 heterocycles. The molecule has 6 rings (SSSR count). The Balaban J connectivity index is 1.18. The van der Waals surface area contributed by atoms with Crippen LogP contribution in [0.5, 0.6) is 0 Å². The average molecular weight is 567 g/mol. The molecule has 0 amide bonds. The Morgan fingerprint density at radius 1 is 0.909 bits per heavy atom. The van der Waals surface area contributed by atoms with Gasteiger partial charge in [-0.3, -0.25) is 0 Å². The number of halogens is 1. The first-order valence-electron chi connectivity index (χ1n) is 14.9. The van der Waals surface area contributed by atoms with Crippen molar-refractivity contribution in [2.45, 2.75) is 119 Å². The van der Waals surface area contributed by atoms with Crippen LogP contribution in [-0.4, -0.2) is 31.9 Å². The topological polar surface area (TPSA) is 3.24 Å². The Morgan fingerprint density at radius 2 is 1.64 bits per heavy atom. The van der Waals surface area contributed by atoms with Crippen LogP contribution < -0.4 is 21.2 Å². The SMILES string of the molecule is CC(C)CCCC(C)C(C)[C@H]1C2CC23CC2(C)C4CN(C)C5CCC5CC[C@@H]4C[C@@]2(C)[I-][C@@H]13. The third-order valence-electron chi connectivity index (χ3n) is 13.1. The van der Waals surface area contributed by atoms with Crippen LogP contribution >= 0.6 is 0 Å². The minimum atomic E-state index is 0.294. The quantitative estimate of drug-likeness (QED) is 0.339. The first-order chi connectivity index (χ1) is 15.6. The van der Waals surface area contributed by atoms with Crippen molar-refractivity contribution in [2.24, 2.45) is 58.2 Å². The Bertz CT molecular complexity index is 764. The summed E-state index contributed by atoms with van der Waals surface area (Å²) in [5.74, 6) is 8.12. The van der Waals surface area contributed by atoms with Crippen LogP contribution in [0.25, 0.3) is 0 Å². The molecule has 2 aliphatic heterocycles. The second-order valence-electron chi connectivity index (χ2n) is 15.1. The van der Waals surface area contributed by atoms with Gasteiger partial charge in [0, 0.05) is 0 Å². The molecule has 6 aliphatic rings. The molecule has 4 aliphatic carbocycles. The standard InChI is InChI=1S/C31H53IN/c1-19(2)9-8-10-20(3)21(4)27-24-16-31(24)18-29(5)25-17-33(7)26-14-13-22(26)11-12-23(25)15-30(29,6)32-28(27)31/h19-28H,8-18H2,1-7H3/q-1/t20?,21?,22?,23-,24?,25?,26?,27+,28+,29?,30-,31?/m1/s1. The van der Waals surface area contributed by atoms with Crippen LogP contribution in [0.4, 0.5) is 0 Å². The molecule has 0 radical (unpaired) electrons. The van der Waals surface area contributed by atoms with Crippen molar-refractivity contribution in [3.8, 4) is 0 Å². The van der Waals surface area contributed by atoms with Crippen LogP contribution in [0.15, 0.2) is 0 Å². The van der Waals surface area contributed by atoms with E-state index in [4.69, 9.17) is 0 Å². The van der Waals surface area contributed by atoms with E-state index in [2.05, 4.69) is 53.5 Å². The molecule has 2 saturated heterocycles. The summed E-state index contributed by atoms with van der Waals surface area (Å²) in [6.45, 7) is 17.2. The third kappa shape index (κ3) is 3.43. The first-order valence-corrected chi connectivity index (χ1v) is 17.3. The number of alkyl halides is 2. The van der Waals surface area contributed by atoms with E-state index in [1.807, 2.05) is 0 Å². The van der Waals surface area contributed by atoms with Crippen molar-refractivity contribution in [3.05, 3.63) is 0 Å². The Hall–Kier alpha value is 0.690. The zero-order valence-electron chi connectivity index (χ0n) is 22.9. The van der Waals surface area contributed by atoms with E-state index >= 15 is 0 Å². The van der Waals surface area contributed by atoms with E-state index in [-0.39, 0.29) is 0 Å². The normalized spacial score (nSPS) is 54.6. The summed E-state index contributed by atoms with van der Waals surface area (Å²) in [5, 5.41) is 0. The summed E-state index contributed by atoms with van der Waals surface area (Å²) < 4.78 is 1.90. The summed E-state index contributed by atoms with van der Waals surface area (Å²) >= 11 is 0.294. The predicted molar refractivity (Wildman–Crippen MR) is 136 cm³/mol. The number of nitrogens with zero attached hydrogens (tertiary/aromatic N) is 1. The molecule has 0 aromatic carbocycles. The maximum absolute atomic E-state index is 2.86. The van der Waals surface area contributed by atoms with Crippen LogP contribution in [0.1, 0.15) is 106 Å². The summed E-state index contributed by atoms with van der Waals surface area (Å²) in [5.41, 5.74) is 1.49. The van der Waals surface area contributed by atoms with Gasteiger partial charge in [0.25, 0.3) is 0 Å². The molecule has 4 saturated carbocycles. The van der Waals surface area contributed by atoms with Gasteiger partial charge in [0.15, 0.2) is 0 Å². The Morgan fingerprint density at radius 3 is 2.33 bits per heavy atom. The van der Waals surface area contributed by atoms with Crippen LogP contribution in [0.2, 0.25) is 0 Å². The van der Waals surface area contributed by atoms with Crippen molar-refractivity contribution in [3.63, 3.8) is 0 Å². The van der Waals surface area contributed by atoms with Crippen molar-refractivity contribution in [1.29, 1.82) is 0 Å². The molecule has 6 fully saturated rings. The zero-order valence-corrected chi connectivity index (χ0v) is 25.0. The molecule has 0 aromatic rings. The van der Waals surface area contributed by atoms with Crippen molar-refractivity contribution >= 4 is 0 Å². The molecule has 33 heavy (non-hydrogen) atoms. The van der Waals surface area contributed by atoms with E-state index in [0.29, 0.717) is 30.0 Å². The predicted octanol–water partition coefficient (Wildman–Crippen LogP) is 4.49. The number of likely N-dealkylation sites (tertiary alicyclic amines) is 1. The molecule has 8 unspecified atom stereocenters. The van der Waals surface area contributed by atoms with Crippen molar-refractivity contribution in [1.82, 2.24) is 4.90 Å². The van der Waals surface area contributed by atoms with Gasteiger partial charge < -0.3 is 0 Å². The molecule has 0 aromatic heterocycles. The number of rotatable bonds is 6. The van der Waals surface area contributed by atoms with Crippen LogP contribution in [0.3, 0.4) is 0 Å². The monoisotopic (exact) mass is 566 g/mol. The fraction of sp³-hybridized carbons (Fsp3) is 1.00. The average Bonchev–Trinajstić information content (AvgIpc) is 3.25.